The second-order valence-electron chi connectivity index (χ2n) is 5.49. The maximum Gasteiger partial charge on any atom is 0.225 e. The molecule has 88 valence electrons. The van der Waals surface area contributed by atoms with Crippen molar-refractivity contribution in [1.82, 2.24) is 10.6 Å². The molecule has 2 unspecified atom stereocenters. The lowest BCUT2D eigenvalue weighted by atomic mass is 9.88. The third-order valence-electron chi connectivity index (χ3n) is 3.15. The van der Waals surface area contributed by atoms with E-state index in [0.717, 1.165) is 19.5 Å². The van der Waals surface area contributed by atoms with Gasteiger partial charge in [0.25, 0.3) is 0 Å². The average Bonchev–Trinajstić information content (AvgIpc) is 2.17. The van der Waals surface area contributed by atoms with Crippen LogP contribution in [0.3, 0.4) is 0 Å². The molecule has 0 saturated carbocycles. The van der Waals surface area contributed by atoms with Crippen LogP contribution in [0.1, 0.15) is 40.5 Å². The molecule has 2 N–H and O–H groups in total. The summed E-state index contributed by atoms with van der Waals surface area (Å²) >= 11 is 0. The first-order chi connectivity index (χ1) is 6.95. The van der Waals surface area contributed by atoms with Crippen LogP contribution >= 0.6 is 0 Å². The van der Waals surface area contributed by atoms with Crippen LogP contribution in [0.15, 0.2) is 0 Å². The molecule has 1 heterocycles. The monoisotopic (exact) mass is 212 g/mol. The van der Waals surface area contributed by atoms with Gasteiger partial charge in [-0.15, -0.1) is 0 Å². The molecule has 1 fully saturated rings. The molecule has 1 aliphatic rings. The first kappa shape index (κ1) is 12.5. The fourth-order valence-electron chi connectivity index (χ4n) is 1.96. The van der Waals surface area contributed by atoms with Gasteiger partial charge in [0, 0.05) is 18.0 Å². The maximum absolute atomic E-state index is 11.9. The summed E-state index contributed by atoms with van der Waals surface area (Å²) in [6.45, 7) is 10.1. The normalized spacial score (nSPS) is 27.5. The summed E-state index contributed by atoms with van der Waals surface area (Å²) in [7, 11) is 0. The van der Waals surface area contributed by atoms with E-state index < -0.39 is 0 Å². The van der Waals surface area contributed by atoms with E-state index in [4.69, 9.17) is 0 Å². The minimum absolute atomic E-state index is 0.162. The second kappa shape index (κ2) is 4.97. The Morgan fingerprint density at radius 3 is 2.67 bits per heavy atom. The van der Waals surface area contributed by atoms with Crippen molar-refractivity contribution < 1.29 is 4.79 Å². The Morgan fingerprint density at radius 1 is 1.47 bits per heavy atom. The minimum Gasteiger partial charge on any atom is -0.351 e. The van der Waals surface area contributed by atoms with Crippen LogP contribution in [-0.4, -0.2) is 25.0 Å². The van der Waals surface area contributed by atoms with Crippen molar-refractivity contribution >= 4 is 5.91 Å². The van der Waals surface area contributed by atoms with E-state index in [1.807, 2.05) is 20.8 Å². The van der Waals surface area contributed by atoms with Crippen LogP contribution in [0.25, 0.3) is 0 Å². The highest BCUT2D eigenvalue weighted by molar-refractivity contribution is 5.81. The Bertz CT molecular complexity index is 220. The van der Waals surface area contributed by atoms with Gasteiger partial charge in [0.2, 0.25) is 5.91 Å². The van der Waals surface area contributed by atoms with Crippen molar-refractivity contribution in [2.24, 2.45) is 11.3 Å². The fourth-order valence-corrected chi connectivity index (χ4v) is 1.96. The number of carbonyl (C=O) groups excluding carboxylic acids is 1. The summed E-state index contributed by atoms with van der Waals surface area (Å²) in [5.74, 6) is 0.798. The van der Waals surface area contributed by atoms with Crippen LogP contribution in [0.2, 0.25) is 0 Å². The molecule has 3 nitrogen and oxygen atoms in total. The van der Waals surface area contributed by atoms with Crippen LogP contribution in [0.5, 0.6) is 0 Å². The van der Waals surface area contributed by atoms with Crippen LogP contribution in [0.4, 0.5) is 0 Å². The molecule has 0 aromatic heterocycles. The number of piperidine rings is 1. The van der Waals surface area contributed by atoms with Crippen LogP contribution in [0, 0.1) is 11.3 Å². The summed E-state index contributed by atoms with van der Waals surface area (Å²) in [6, 6.07) is 0.315. The molecule has 15 heavy (non-hydrogen) atoms. The zero-order chi connectivity index (χ0) is 11.5. The Hall–Kier alpha value is -0.570. The molecule has 1 saturated heterocycles. The van der Waals surface area contributed by atoms with E-state index in [-0.39, 0.29) is 11.3 Å². The Balaban J connectivity index is 2.52. The van der Waals surface area contributed by atoms with Crippen molar-refractivity contribution in [1.29, 1.82) is 0 Å². The SMILES string of the molecule is CCC1CCNCC1NC(=O)C(C)(C)C. The van der Waals surface area contributed by atoms with Gasteiger partial charge in [-0.3, -0.25) is 4.79 Å². The first-order valence-electron chi connectivity index (χ1n) is 5.97. The standard InChI is InChI=1S/C12H24N2O/c1-5-9-6-7-13-8-10(9)14-11(15)12(2,3)4/h9-10,13H,5-8H2,1-4H3,(H,14,15). The van der Waals surface area contributed by atoms with E-state index in [9.17, 15) is 4.79 Å². The zero-order valence-corrected chi connectivity index (χ0v) is 10.4. The van der Waals surface area contributed by atoms with E-state index in [2.05, 4.69) is 17.6 Å². The smallest absolute Gasteiger partial charge is 0.225 e. The summed E-state index contributed by atoms with van der Waals surface area (Å²) in [5.41, 5.74) is -0.282. The molecule has 0 radical (unpaired) electrons. The van der Waals surface area contributed by atoms with Crippen molar-refractivity contribution in [3.05, 3.63) is 0 Å². The van der Waals surface area contributed by atoms with Gasteiger partial charge >= 0.3 is 0 Å². The summed E-state index contributed by atoms with van der Waals surface area (Å²) in [4.78, 5) is 11.9. The molecule has 1 amide bonds. The van der Waals surface area contributed by atoms with E-state index in [0.29, 0.717) is 12.0 Å². The van der Waals surface area contributed by atoms with Crippen molar-refractivity contribution in [2.75, 3.05) is 13.1 Å². The number of nitrogens with one attached hydrogen (secondary N) is 2. The number of carbonyl (C=O) groups is 1. The highest BCUT2D eigenvalue weighted by atomic mass is 16.2. The van der Waals surface area contributed by atoms with Gasteiger partial charge in [0.05, 0.1) is 0 Å². The molecule has 1 aliphatic heterocycles. The summed E-state index contributed by atoms with van der Waals surface area (Å²) in [6.07, 6.45) is 2.32. The van der Waals surface area contributed by atoms with Crippen molar-refractivity contribution in [3.8, 4) is 0 Å². The molecule has 3 heteroatoms. The van der Waals surface area contributed by atoms with E-state index in [1.165, 1.54) is 6.42 Å². The van der Waals surface area contributed by atoms with Gasteiger partial charge in [-0.25, -0.2) is 0 Å². The highest BCUT2D eigenvalue weighted by Crippen LogP contribution is 2.19. The zero-order valence-electron chi connectivity index (χ0n) is 10.4. The van der Waals surface area contributed by atoms with Crippen LogP contribution in [-0.2, 0) is 4.79 Å². The third kappa shape index (κ3) is 3.49. The molecular weight excluding hydrogens is 188 g/mol. The van der Waals surface area contributed by atoms with E-state index in [1.54, 1.807) is 0 Å². The Labute approximate surface area is 93.0 Å². The third-order valence-corrected chi connectivity index (χ3v) is 3.15. The molecule has 0 aliphatic carbocycles. The molecule has 2 atom stereocenters. The molecule has 0 aromatic carbocycles. The topological polar surface area (TPSA) is 41.1 Å². The second-order valence-corrected chi connectivity index (χ2v) is 5.49. The summed E-state index contributed by atoms with van der Waals surface area (Å²) in [5, 5.41) is 6.50. The lowest BCUT2D eigenvalue weighted by Gasteiger charge is -2.34. The average molecular weight is 212 g/mol. The van der Waals surface area contributed by atoms with Gasteiger partial charge in [0.1, 0.15) is 0 Å². The van der Waals surface area contributed by atoms with Gasteiger partial charge in [-0.2, -0.15) is 0 Å². The van der Waals surface area contributed by atoms with Crippen molar-refractivity contribution in [3.63, 3.8) is 0 Å². The predicted octanol–water partition coefficient (Wildman–Crippen LogP) is 1.54. The fraction of sp³-hybridized carbons (Fsp3) is 0.917. The Kier molecular flexibility index (Phi) is 4.14. The molecule has 1 rings (SSSR count). The lowest BCUT2D eigenvalue weighted by molar-refractivity contribution is -0.129. The summed E-state index contributed by atoms with van der Waals surface area (Å²) < 4.78 is 0. The largest absolute Gasteiger partial charge is 0.351 e. The van der Waals surface area contributed by atoms with Gasteiger partial charge in [0.15, 0.2) is 0 Å². The van der Waals surface area contributed by atoms with Crippen molar-refractivity contribution in [2.45, 2.75) is 46.6 Å². The first-order valence-corrected chi connectivity index (χ1v) is 5.97. The molecule has 0 spiro atoms. The minimum atomic E-state index is -0.282. The van der Waals surface area contributed by atoms with Crippen LogP contribution < -0.4 is 10.6 Å². The number of amides is 1. The Morgan fingerprint density at radius 2 is 2.13 bits per heavy atom. The molecular formula is C12H24N2O. The van der Waals surface area contributed by atoms with Gasteiger partial charge < -0.3 is 10.6 Å². The number of hydrogen-bond acceptors (Lipinski definition) is 2. The van der Waals surface area contributed by atoms with Gasteiger partial charge in [-0.1, -0.05) is 34.1 Å². The maximum atomic E-state index is 11.9. The van der Waals surface area contributed by atoms with Gasteiger partial charge in [-0.05, 0) is 18.9 Å². The highest BCUT2D eigenvalue weighted by Gasteiger charge is 2.29. The number of hydrogen-bond donors (Lipinski definition) is 2. The lowest BCUT2D eigenvalue weighted by Crippen LogP contribution is -2.53. The molecule has 0 bridgehead atoms. The quantitative estimate of drug-likeness (QED) is 0.729. The predicted molar refractivity (Wildman–Crippen MR) is 62.7 cm³/mol. The molecule has 0 aromatic rings. The van der Waals surface area contributed by atoms with E-state index >= 15 is 0 Å². The number of rotatable bonds is 2.